The van der Waals surface area contributed by atoms with E-state index in [1.165, 1.54) is 6.08 Å². The van der Waals surface area contributed by atoms with Crippen LogP contribution in [0.3, 0.4) is 0 Å². The molecule has 2 heteroatoms. The van der Waals surface area contributed by atoms with Crippen molar-refractivity contribution in [2.24, 2.45) is 0 Å². The van der Waals surface area contributed by atoms with Crippen molar-refractivity contribution in [3.8, 4) is 0 Å². The smallest absolute Gasteiger partial charge is 0.158 e. The van der Waals surface area contributed by atoms with Gasteiger partial charge in [-0.05, 0) is 6.92 Å². The summed E-state index contributed by atoms with van der Waals surface area (Å²) in [5.41, 5.74) is 0. The molecule has 0 N–H and O–H groups in total. The van der Waals surface area contributed by atoms with E-state index in [1.54, 1.807) is 14.0 Å². The number of carbonyl (C=O) groups is 1. The maximum Gasteiger partial charge on any atom is 0.158 e. The van der Waals surface area contributed by atoms with Crippen LogP contribution in [0, 0.1) is 0 Å². The van der Waals surface area contributed by atoms with Crippen molar-refractivity contribution >= 4 is 5.78 Å². The van der Waals surface area contributed by atoms with E-state index in [1.807, 2.05) is 6.92 Å². The van der Waals surface area contributed by atoms with Crippen LogP contribution in [0.25, 0.3) is 0 Å². The molecule has 0 heterocycles. The number of carbonyl (C=O) groups excluding carboxylic acids is 1. The SMILES string of the molecule is CCC(=O)/C=C(\C)OC. The van der Waals surface area contributed by atoms with Gasteiger partial charge in [0.15, 0.2) is 5.78 Å². The molecule has 0 aliphatic carbocycles. The van der Waals surface area contributed by atoms with Crippen LogP contribution in [0.5, 0.6) is 0 Å². The van der Waals surface area contributed by atoms with Crippen LogP contribution in [-0.4, -0.2) is 12.9 Å². The Morgan fingerprint density at radius 2 is 2.22 bits per heavy atom. The number of ether oxygens (including phenoxy) is 1. The first-order valence-corrected chi connectivity index (χ1v) is 2.95. The molecular weight excluding hydrogens is 116 g/mol. The number of hydrogen-bond acceptors (Lipinski definition) is 2. The van der Waals surface area contributed by atoms with E-state index in [2.05, 4.69) is 0 Å². The average Bonchev–Trinajstić information content (AvgIpc) is 1.87. The summed E-state index contributed by atoms with van der Waals surface area (Å²) in [6.45, 7) is 3.58. The molecule has 0 aromatic carbocycles. The normalized spacial score (nSPS) is 11.2. The first-order chi connectivity index (χ1) is 4.20. The molecule has 52 valence electrons. The fourth-order valence-corrected chi connectivity index (χ4v) is 0.388. The Balaban J connectivity index is 3.79. The highest BCUT2D eigenvalue weighted by Gasteiger charge is 1.92. The van der Waals surface area contributed by atoms with Crippen LogP contribution in [0.2, 0.25) is 0 Å². The van der Waals surface area contributed by atoms with Gasteiger partial charge < -0.3 is 4.74 Å². The standard InChI is InChI=1S/C7H12O2/c1-4-7(8)5-6(2)9-3/h5H,4H2,1-3H3/b6-5+. The van der Waals surface area contributed by atoms with E-state index < -0.39 is 0 Å². The van der Waals surface area contributed by atoms with Crippen molar-refractivity contribution in [3.63, 3.8) is 0 Å². The van der Waals surface area contributed by atoms with Crippen molar-refractivity contribution in [2.45, 2.75) is 20.3 Å². The molecule has 0 unspecified atom stereocenters. The Kier molecular flexibility index (Phi) is 3.76. The van der Waals surface area contributed by atoms with Gasteiger partial charge in [-0.1, -0.05) is 6.92 Å². The van der Waals surface area contributed by atoms with Gasteiger partial charge in [0.05, 0.1) is 12.9 Å². The van der Waals surface area contributed by atoms with Gasteiger partial charge in [-0.2, -0.15) is 0 Å². The third kappa shape index (κ3) is 3.76. The van der Waals surface area contributed by atoms with Crippen molar-refractivity contribution in [2.75, 3.05) is 7.11 Å². The van der Waals surface area contributed by atoms with Crippen molar-refractivity contribution in [3.05, 3.63) is 11.8 Å². The fourth-order valence-electron chi connectivity index (χ4n) is 0.388. The number of ketones is 1. The zero-order valence-electron chi connectivity index (χ0n) is 6.10. The lowest BCUT2D eigenvalue weighted by Crippen LogP contribution is -1.91. The van der Waals surface area contributed by atoms with E-state index in [-0.39, 0.29) is 5.78 Å². The molecule has 2 nitrogen and oxygen atoms in total. The van der Waals surface area contributed by atoms with Gasteiger partial charge in [0, 0.05) is 12.5 Å². The minimum atomic E-state index is 0.106. The predicted molar refractivity (Wildman–Crippen MR) is 36.1 cm³/mol. The molecule has 0 bridgehead atoms. The molecular formula is C7H12O2. The van der Waals surface area contributed by atoms with Gasteiger partial charge in [0.2, 0.25) is 0 Å². The third-order valence-electron chi connectivity index (χ3n) is 1.03. The van der Waals surface area contributed by atoms with E-state index in [0.29, 0.717) is 12.2 Å². The Labute approximate surface area is 55.5 Å². The summed E-state index contributed by atoms with van der Waals surface area (Å²) < 4.78 is 4.76. The molecule has 0 fully saturated rings. The van der Waals surface area contributed by atoms with Gasteiger partial charge in [0.1, 0.15) is 0 Å². The lowest BCUT2D eigenvalue weighted by molar-refractivity contribution is -0.114. The van der Waals surface area contributed by atoms with Crippen LogP contribution >= 0.6 is 0 Å². The minimum absolute atomic E-state index is 0.106. The topological polar surface area (TPSA) is 26.3 Å². The molecule has 0 saturated heterocycles. The number of methoxy groups -OCH3 is 1. The Morgan fingerprint density at radius 1 is 1.67 bits per heavy atom. The largest absolute Gasteiger partial charge is 0.501 e. The number of hydrogen-bond donors (Lipinski definition) is 0. The van der Waals surface area contributed by atoms with Crippen LogP contribution in [0.1, 0.15) is 20.3 Å². The monoisotopic (exact) mass is 128 g/mol. The number of allylic oxidation sites excluding steroid dienone is 2. The Hall–Kier alpha value is -0.790. The Morgan fingerprint density at radius 3 is 2.56 bits per heavy atom. The van der Waals surface area contributed by atoms with Crippen molar-refractivity contribution in [1.29, 1.82) is 0 Å². The summed E-state index contributed by atoms with van der Waals surface area (Å²) in [4.78, 5) is 10.6. The van der Waals surface area contributed by atoms with E-state index in [0.717, 1.165) is 0 Å². The fraction of sp³-hybridized carbons (Fsp3) is 0.571. The maximum atomic E-state index is 10.6. The summed E-state index contributed by atoms with van der Waals surface area (Å²) in [5, 5.41) is 0. The average molecular weight is 128 g/mol. The second kappa shape index (κ2) is 4.13. The molecule has 0 spiro atoms. The highest BCUT2D eigenvalue weighted by atomic mass is 16.5. The molecule has 0 aliphatic heterocycles. The maximum absolute atomic E-state index is 10.6. The second-order valence-corrected chi connectivity index (χ2v) is 1.78. The molecule has 0 aromatic rings. The van der Waals surface area contributed by atoms with E-state index >= 15 is 0 Å². The van der Waals surface area contributed by atoms with Crippen molar-refractivity contribution in [1.82, 2.24) is 0 Å². The summed E-state index contributed by atoms with van der Waals surface area (Å²) in [5.74, 6) is 0.774. The van der Waals surface area contributed by atoms with Crippen molar-refractivity contribution < 1.29 is 9.53 Å². The lowest BCUT2D eigenvalue weighted by atomic mass is 10.3. The van der Waals surface area contributed by atoms with Gasteiger partial charge in [-0.25, -0.2) is 0 Å². The van der Waals surface area contributed by atoms with Gasteiger partial charge in [-0.3, -0.25) is 4.79 Å². The summed E-state index contributed by atoms with van der Waals surface area (Å²) in [6, 6.07) is 0. The molecule has 0 saturated carbocycles. The molecule has 0 aromatic heterocycles. The molecule has 0 rings (SSSR count). The molecule has 9 heavy (non-hydrogen) atoms. The molecule has 0 radical (unpaired) electrons. The van der Waals surface area contributed by atoms with E-state index in [9.17, 15) is 4.79 Å². The molecule has 0 atom stereocenters. The zero-order valence-corrected chi connectivity index (χ0v) is 6.10. The summed E-state index contributed by atoms with van der Waals surface area (Å²) in [7, 11) is 1.55. The number of rotatable bonds is 3. The van der Waals surface area contributed by atoms with Crippen LogP contribution < -0.4 is 0 Å². The van der Waals surface area contributed by atoms with Crippen LogP contribution in [0.4, 0.5) is 0 Å². The van der Waals surface area contributed by atoms with E-state index in [4.69, 9.17) is 4.74 Å². The summed E-state index contributed by atoms with van der Waals surface area (Å²) in [6.07, 6.45) is 2.04. The lowest BCUT2D eigenvalue weighted by Gasteiger charge is -1.94. The third-order valence-corrected chi connectivity index (χ3v) is 1.03. The molecule has 0 aliphatic rings. The van der Waals surface area contributed by atoms with Crippen LogP contribution in [-0.2, 0) is 9.53 Å². The van der Waals surface area contributed by atoms with Crippen LogP contribution in [0.15, 0.2) is 11.8 Å². The quantitative estimate of drug-likeness (QED) is 0.425. The zero-order chi connectivity index (χ0) is 7.28. The first kappa shape index (κ1) is 8.21. The minimum Gasteiger partial charge on any atom is -0.501 e. The van der Waals surface area contributed by atoms with Gasteiger partial charge in [0.25, 0.3) is 0 Å². The van der Waals surface area contributed by atoms with Gasteiger partial charge in [-0.15, -0.1) is 0 Å². The second-order valence-electron chi connectivity index (χ2n) is 1.78. The van der Waals surface area contributed by atoms with Gasteiger partial charge >= 0.3 is 0 Å². The highest BCUT2D eigenvalue weighted by molar-refractivity contribution is 5.89. The predicted octanol–water partition coefficient (Wildman–Crippen LogP) is 1.52. The summed E-state index contributed by atoms with van der Waals surface area (Å²) >= 11 is 0. The first-order valence-electron chi connectivity index (χ1n) is 2.95. The highest BCUT2D eigenvalue weighted by Crippen LogP contribution is 1.93. The Bertz CT molecular complexity index is 125. The molecule has 0 amide bonds.